The number of halogens is 2. The van der Waals surface area contributed by atoms with Gasteiger partial charge in [-0.1, -0.05) is 24.3 Å². The zero-order valence-corrected chi connectivity index (χ0v) is 15.1. The van der Waals surface area contributed by atoms with Crippen molar-refractivity contribution in [2.45, 2.75) is 37.9 Å². The summed E-state index contributed by atoms with van der Waals surface area (Å²) < 4.78 is 27.0. The van der Waals surface area contributed by atoms with Gasteiger partial charge in [-0.25, -0.2) is 8.78 Å². The molecule has 2 aliphatic rings. The maximum Gasteiger partial charge on any atom is 0.222 e. The van der Waals surface area contributed by atoms with Crippen LogP contribution in [0.4, 0.5) is 14.5 Å². The number of likely N-dealkylation sites (tertiary alicyclic amines) is 1. The largest absolute Gasteiger partial charge is 0.379 e. The van der Waals surface area contributed by atoms with Gasteiger partial charge in [0.15, 0.2) is 0 Å². The Balaban J connectivity index is 1.47. The average molecular weight is 371 g/mol. The van der Waals surface area contributed by atoms with E-state index in [1.807, 2.05) is 18.2 Å². The van der Waals surface area contributed by atoms with Crippen LogP contribution in [-0.2, 0) is 17.9 Å². The highest BCUT2D eigenvalue weighted by molar-refractivity contribution is 5.79. The van der Waals surface area contributed by atoms with Crippen molar-refractivity contribution in [3.8, 4) is 0 Å². The molecule has 2 aromatic carbocycles. The summed E-state index contributed by atoms with van der Waals surface area (Å²) in [4.78, 5) is 14.5. The smallest absolute Gasteiger partial charge is 0.222 e. The number of hydrogen-bond acceptors (Lipinski definition) is 3. The van der Waals surface area contributed by atoms with Gasteiger partial charge in [0.05, 0.1) is 0 Å². The number of anilines is 1. The molecule has 1 fully saturated rings. The Bertz CT molecular complexity index is 847. The lowest BCUT2D eigenvalue weighted by atomic mass is 9.82. The van der Waals surface area contributed by atoms with Gasteiger partial charge < -0.3 is 10.6 Å². The number of carbonyl (C=O) groups excluding carboxylic acids is 1. The normalized spacial score (nSPS) is 19.6. The van der Waals surface area contributed by atoms with Crippen LogP contribution in [0.2, 0.25) is 0 Å². The van der Waals surface area contributed by atoms with Gasteiger partial charge in [0, 0.05) is 55.5 Å². The third-order valence-electron chi connectivity index (χ3n) is 5.61. The van der Waals surface area contributed by atoms with Gasteiger partial charge in [-0.2, -0.15) is 0 Å². The Morgan fingerprint density at radius 2 is 1.85 bits per heavy atom. The molecule has 142 valence electrons. The molecule has 2 N–H and O–H groups in total. The number of fused-ring (bicyclic) bond motifs is 1. The number of nitrogens with one attached hydrogen (secondary N) is 2. The van der Waals surface area contributed by atoms with Crippen molar-refractivity contribution in [2.24, 2.45) is 0 Å². The minimum absolute atomic E-state index is 0.0510. The minimum Gasteiger partial charge on any atom is -0.379 e. The molecule has 1 saturated heterocycles. The monoisotopic (exact) mass is 371 g/mol. The predicted molar refractivity (Wildman–Crippen MR) is 100 cm³/mol. The number of hydrogen-bond donors (Lipinski definition) is 2. The summed E-state index contributed by atoms with van der Waals surface area (Å²) in [6.07, 6.45) is 2.01. The molecular weight excluding hydrogens is 348 g/mol. The van der Waals surface area contributed by atoms with Crippen LogP contribution < -0.4 is 10.6 Å². The highest BCUT2D eigenvalue weighted by Crippen LogP contribution is 2.33. The molecule has 0 saturated carbocycles. The van der Waals surface area contributed by atoms with Crippen molar-refractivity contribution in [2.75, 3.05) is 18.4 Å². The first kappa shape index (κ1) is 17.9. The zero-order chi connectivity index (χ0) is 18.9. The van der Waals surface area contributed by atoms with Gasteiger partial charge in [0.2, 0.25) is 5.91 Å². The molecule has 2 aromatic rings. The van der Waals surface area contributed by atoms with Crippen LogP contribution in [0.25, 0.3) is 0 Å². The lowest BCUT2D eigenvalue weighted by molar-refractivity contribution is -0.122. The van der Waals surface area contributed by atoms with Crippen LogP contribution in [0.3, 0.4) is 0 Å². The Morgan fingerprint density at radius 3 is 2.63 bits per heavy atom. The van der Waals surface area contributed by atoms with Crippen molar-refractivity contribution >= 4 is 11.6 Å². The van der Waals surface area contributed by atoms with E-state index in [2.05, 4.69) is 21.6 Å². The molecular formula is C21H23F2N3O. The molecule has 4 nitrogen and oxygen atoms in total. The molecule has 1 amide bonds. The van der Waals surface area contributed by atoms with E-state index in [1.54, 1.807) is 0 Å². The number of para-hydroxylation sites is 1. The molecule has 2 heterocycles. The summed E-state index contributed by atoms with van der Waals surface area (Å²) in [7, 11) is 0. The van der Waals surface area contributed by atoms with Gasteiger partial charge in [-0.3, -0.25) is 9.69 Å². The fourth-order valence-electron chi connectivity index (χ4n) is 4.02. The van der Waals surface area contributed by atoms with E-state index in [1.165, 1.54) is 12.1 Å². The molecule has 0 radical (unpaired) electrons. The number of carbonyl (C=O) groups is 1. The van der Waals surface area contributed by atoms with E-state index < -0.39 is 11.6 Å². The second-order valence-electron chi connectivity index (χ2n) is 7.53. The van der Waals surface area contributed by atoms with Crippen molar-refractivity contribution in [3.63, 3.8) is 0 Å². The first-order valence-electron chi connectivity index (χ1n) is 9.32. The number of nitrogens with zero attached hydrogens (tertiary/aromatic N) is 1. The van der Waals surface area contributed by atoms with E-state index in [4.69, 9.17) is 0 Å². The topological polar surface area (TPSA) is 44.4 Å². The average Bonchev–Trinajstić information content (AvgIpc) is 2.64. The molecule has 2 aliphatic heterocycles. The van der Waals surface area contributed by atoms with Gasteiger partial charge in [0.25, 0.3) is 0 Å². The molecule has 0 aromatic heterocycles. The SMILES string of the molecule is O=C1CC2(CCN(Cc3ccc(F)cc3F)CC2)Nc2ccccc2CN1. The van der Waals surface area contributed by atoms with E-state index >= 15 is 0 Å². The minimum atomic E-state index is -0.558. The van der Waals surface area contributed by atoms with Crippen molar-refractivity contribution in [1.82, 2.24) is 10.2 Å². The fraction of sp³-hybridized carbons (Fsp3) is 0.381. The summed E-state index contributed by atoms with van der Waals surface area (Å²) in [5.41, 5.74) is 2.36. The Morgan fingerprint density at radius 1 is 1.07 bits per heavy atom. The first-order chi connectivity index (χ1) is 13.0. The molecule has 4 rings (SSSR count). The van der Waals surface area contributed by atoms with Crippen LogP contribution in [-0.4, -0.2) is 29.4 Å². The summed E-state index contributed by atoms with van der Waals surface area (Å²) >= 11 is 0. The van der Waals surface area contributed by atoms with Crippen molar-refractivity contribution in [3.05, 3.63) is 65.2 Å². The standard InChI is InChI=1S/C21H23F2N3O/c22-17-6-5-16(18(23)11-17)14-26-9-7-21(8-10-26)12-20(27)24-13-15-3-1-2-4-19(15)25-21/h1-6,11,25H,7-10,12-14H2,(H,24,27). The van der Waals surface area contributed by atoms with E-state index in [0.29, 0.717) is 25.1 Å². The third-order valence-corrected chi connectivity index (χ3v) is 5.61. The molecule has 6 heteroatoms. The van der Waals surface area contributed by atoms with Crippen LogP contribution in [0.5, 0.6) is 0 Å². The van der Waals surface area contributed by atoms with Crippen LogP contribution >= 0.6 is 0 Å². The van der Waals surface area contributed by atoms with Crippen LogP contribution in [0, 0.1) is 11.6 Å². The Hall–Kier alpha value is -2.47. The number of piperidine rings is 1. The quantitative estimate of drug-likeness (QED) is 0.850. The van der Waals surface area contributed by atoms with Crippen LogP contribution in [0.15, 0.2) is 42.5 Å². The van der Waals surface area contributed by atoms with Crippen LogP contribution in [0.1, 0.15) is 30.4 Å². The molecule has 27 heavy (non-hydrogen) atoms. The maximum atomic E-state index is 13.9. The second kappa shape index (κ2) is 7.27. The van der Waals surface area contributed by atoms with E-state index in [9.17, 15) is 13.6 Å². The van der Waals surface area contributed by atoms with Crippen molar-refractivity contribution in [1.29, 1.82) is 0 Å². The summed E-state index contributed by atoms with van der Waals surface area (Å²) in [5.74, 6) is -1.01. The summed E-state index contributed by atoms with van der Waals surface area (Å²) in [6, 6.07) is 11.8. The summed E-state index contributed by atoms with van der Waals surface area (Å²) in [6.45, 7) is 2.48. The second-order valence-corrected chi connectivity index (χ2v) is 7.53. The molecule has 0 unspecified atom stereocenters. The van der Waals surface area contributed by atoms with E-state index in [0.717, 1.165) is 43.2 Å². The highest BCUT2D eigenvalue weighted by Gasteiger charge is 2.38. The fourth-order valence-corrected chi connectivity index (χ4v) is 4.02. The lowest BCUT2D eigenvalue weighted by Crippen LogP contribution is -2.52. The van der Waals surface area contributed by atoms with Crippen molar-refractivity contribution < 1.29 is 13.6 Å². The van der Waals surface area contributed by atoms with Gasteiger partial charge in [0.1, 0.15) is 11.6 Å². The predicted octanol–water partition coefficient (Wildman–Crippen LogP) is 3.43. The first-order valence-corrected chi connectivity index (χ1v) is 9.32. The van der Waals surface area contributed by atoms with Gasteiger partial charge in [-0.05, 0) is 30.5 Å². The van der Waals surface area contributed by atoms with Gasteiger partial charge >= 0.3 is 0 Å². The molecule has 0 aliphatic carbocycles. The summed E-state index contributed by atoms with van der Waals surface area (Å²) in [5, 5.41) is 6.64. The molecule has 1 spiro atoms. The zero-order valence-electron chi connectivity index (χ0n) is 15.1. The molecule has 0 atom stereocenters. The Kier molecular flexibility index (Phi) is 4.83. The highest BCUT2D eigenvalue weighted by atomic mass is 19.1. The maximum absolute atomic E-state index is 13.9. The van der Waals surface area contributed by atoms with Gasteiger partial charge in [-0.15, -0.1) is 0 Å². The number of benzene rings is 2. The number of rotatable bonds is 2. The van der Waals surface area contributed by atoms with E-state index in [-0.39, 0.29) is 11.4 Å². The Labute approximate surface area is 157 Å². The third kappa shape index (κ3) is 3.95. The lowest BCUT2D eigenvalue weighted by Gasteiger charge is -2.44. The molecule has 0 bridgehead atoms. The number of amides is 1.